The molecule has 22 heavy (non-hydrogen) atoms. The Balaban J connectivity index is 2.00. The number of alkyl halides is 2. The Labute approximate surface area is 148 Å². The molecule has 0 aliphatic rings. The number of halogens is 2. The van der Waals surface area contributed by atoms with Gasteiger partial charge >= 0.3 is 0 Å². The van der Waals surface area contributed by atoms with Crippen LogP contribution in [0.3, 0.4) is 0 Å². The van der Waals surface area contributed by atoms with Gasteiger partial charge in [0, 0.05) is 10.7 Å². The lowest BCUT2D eigenvalue weighted by molar-refractivity contribution is 1.41. The molecular formula is C20H16Br2. The fourth-order valence-corrected chi connectivity index (χ4v) is 3.64. The number of benzene rings is 3. The summed E-state index contributed by atoms with van der Waals surface area (Å²) in [6, 6.07) is 25.9. The monoisotopic (exact) mass is 414 g/mol. The van der Waals surface area contributed by atoms with Gasteiger partial charge in [-0.25, -0.2) is 0 Å². The third-order valence-electron chi connectivity index (χ3n) is 3.83. The van der Waals surface area contributed by atoms with Crippen LogP contribution >= 0.6 is 31.9 Å². The Morgan fingerprint density at radius 1 is 0.500 bits per heavy atom. The second-order valence-electron chi connectivity index (χ2n) is 5.16. The van der Waals surface area contributed by atoms with Gasteiger partial charge in [0.2, 0.25) is 0 Å². The second-order valence-corrected chi connectivity index (χ2v) is 6.28. The average molecular weight is 416 g/mol. The summed E-state index contributed by atoms with van der Waals surface area (Å²) < 4.78 is 0. The van der Waals surface area contributed by atoms with Crippen molar-refractivity contribution in [1.82, 2.24) is 0 Å². The topological polar surface area (TPSA) is 0 Å². The maximum absolute atomic E-state index is 3.57. The molecule has 0 saturated carbocycles. The zero-order valence-electron chi connectivity index (χ0n) is 12.1. The van der Waals surface area contributed by atoms with Crippen molar-refractivity contribution in [2.24, 2.45) is 0 Å². The van der Waals surface area contributed by atoms with Gasteiger partial charge in [-0.1, -0.05) is 105 Å². The molecule has 0 aliphatic heterocycles. The van der Waals surface area contributed by atoms with Crippen LogP contribution in [0.5, 0.6) is 0 Å². The van der Waals surface area contributed by atoms with Crippen LogP contribution in [0, 0.1) is 0 Å². The van der Waals surface area contributed by atoms with Gasteiger partial charge in [0.05, 0.1) is 0 Å². The molecule has 0 fully saturated rings. The summed E-state index contributed by atoms with van der Waals surface area (Å²) in [7, 11) is 0. The third-order valence-corrected chi connectivity index (χ3v) is 5.04. The minimum absolute atomic E-state index is 0.872. The molecule has 0 bridgehead atoms. The predicted molar refractivity (Wildman–Crippen MR) is 103 cm³/mol. The number of hydrogen-bond donors (Lipinski definition) is 0. The van der Waals surface area contributed by atoms with Gasteiger partial charge < -0.3 is 0 Å². The van der Waals surface area contributed by atoms with E-state index in [1.807, 2.05) is 0 Å². The highest BCUT2D eigenvalue weighted by Gasteiger charge is 2.06. The Bertz CT molecular complexity index is 694. The highest BCUT2D eigenvalue weighted by molar-refractivity contribution is 9.08. The molecule has 0 heterocycles. The molecular weight excluding hydrogens is 400 g/mol. The fourth-order valence-electron chi connectivity index (χ4n) is 2.67. The normalized spacial score (nSPS) is 10.6. The molecule has 110 valence electrons. The number of hydrogen-bond acceptors (Lipinski definition) is 0. The SMILES string of the molecule is BrCc1ccccc1-c1ccc(-c2ccccc2CBr)cc1. The van der Waals surface area contributed by atoms with Gasteiger partial charge in [0.25, 0.3) is 0 Å². The molecule has 0 unspecified atom stereocenters. The van der Waals surface area contributed by atoms with Crippen molar-refractivity contribution in [1.29, 1.82) is 0 Å². The lowest BCUT2D eigenvalue weighted by Gasteiger charge is -2.10. The maximum atomic E-state index is 3.57. The van der Waals surface area contributed by atoms with E-state index in [9.17, 15) is 0 Å². The minimum atomic E-state index is 0.872. The maximum Gasteiger partial charge on any atom is 0.0289 e. The van der Waals surface area contributed by atoms with Gasteiger partial charge in [-0.05, 0) is 33.4 Å². The summed E-state index contributed by atoms with van der Waals surface area (Å²) in [6.07, 6.45) is 0. The van der Waals surface area contributed by atoms with Crippen LogP contribution in [0.4, 0.5) is 0 Å². The molecule has 3 aromatic rings. The Morgan fingerprint density at radius 3 is 1.23 bits per heavy atom. The molecule has 0 radical (unpaired) electrons. The van der Waals surface area contributed by atoms with Crippen molar-refractivity contribution in [2.45, 2.75) is 10.7 Å². The van der Waals surface area contributed by atoms with Crippen LogP contribution in [0.1, 0.15) is 11.1 Å². The van der Waals surface area contributed by atoms with E-state index in [2.05, 4.69) is 105 Å². The molecule has 2 heteroatoms. The molecule has 0 aromatic heterocycles. The van der Waals surface area contributed by atoms with Crippen LogP contribution in [0.2, 0.25) is 0 Å². The van der Waals surface area contributed by atoms with E-state index in [-0.39, 0.29) is 0 Å². The van der Waals surface area contributed by atoms with Crippen molar-refractivity contribution in [3.05, 3.63) is 83.9 Å². The molecule has 0 amide bonds. The van der Waals surface area contributed by atoms with Gasteiger partial charge in [-0.15, -0.1) is 0 Å². The number of rotatable bonds is 4. The second kappa shape index (κ2) is 7.26. The molecule has 3 aromatic carbocycles. The summed E-state index contributed by atoms with van der Waals surface area (Å²) in [5.74, 6) is 0. The highest BCUT2D eigenvalue weighted by Crippen LogP contribution is 2.30. The first-order valence-electron chi connectivity index (χ1n) is 7.22. The summed E-state index contributed by atoms with van der Waals surface area (Å²) in [6.45, 7) is 0. The van der Waals surface area contributed by atoms with E-state index in [0.29, 0.717) is 0 Å². The van der Waals surface area contributed by atoms with Crippen molar-refractivity contribution in [2.75, 3.05) is 0 Å². The largest absolute Gasteiger partial charge is 0.0876 e. The lowest BCUT2D eigenvalue weighted by atomic mass is 9.96. The first-order valence-corrected chi connectivity index (χ1v) is 9.46. The highest BCUT2D eigenvalue weighted by atomic mass is 79.9. The van der Waals surface area contributed by atoms with E-state index in [0.717, 1.165) is 10.7 Å². The van der Waals surface area contributed by atoms with Gasteiger partial charge in [-0.3, -0.25) is 0 Å². The lowest BCUT2D eigenvalue weighted by Crippen LogP contribution is -1.88. The Kier molecular flexibility index (Phi) is 5.12. The summed E-state index contributed by atoms with van der Waals surface area (Å²) >= 11 is 7.14. The van der Waals surface area contributed by atoms with E-state index >= 15 is 0 Å². The van der Waals surface area contributed by atoms with Crippen LogP contribution < -0.4 is 0 Å². The molecule has 0 N–H and O–H groups in total. The molecule has 0 saturated heterocycles. The van der Waals surface area contributed by atoms with Crippen LogP contribution in [0.15, 0.2) is 72.8 Å². The van der Waals surface area contributed by atoms with E-state index in [1.54, 1.807) is 0 Å². The predicted octanol–water partition coefficient (Wildman–Crippen LogP) is 6.81. The first-order chi connectivity index (χ1) is 10.8. The van der Waals surface area contributed by atoms with E-state index in [4.69, 9.17) is 0 Å². The van der Waals surface area contributed by atoms with Crippen molar-refractivity contribution in [3.63, 3.8) is 0 Å². The van der Waals surface area contributed by atoms with E-state index < -0.39 is 0 Å². The Morgan fingerprint density at radius 2 is 0.864 bits per heavy atom. The van der Waals surface area contributed by atoms with Crippen molar-refractivity contribution < 1.29 is 0 Å². The minimum Gasteiger partial charge on any atom is -0.0876 e. The van der Waals surface area contributed by atoms with Crippen molar-refractivity contribution >= 4 is 31.9 Å². The fraction of sp³-hybridized carbons (Fsp3) is 0.100. The van der Waals surface area contributed by atoms with Crippen LogP contribution in [-0.4, -0.2) is 0 Å². The third kappa shape index (κ3) is 3.18. The summed E-state index contributed by atoms with van der Waals surface area (Å²) in [5.41, 5.74) is 7.73. The average Bonchev–Trinajstić information content (AvgIpc) is 2.62. The molecule has 0 spiro atoms. The smallest absolute Gasteiger partial charge is 0.0289 e. The first kappa shape index (κ1) is 15.5. The zero-order valence-corrected chi connectivity index (χ0v) is 15.3. The van der Waals surface area contributed by atoms with Crippen LogP contribution in [-0.2, 0) is 10.7 Å². The van der Waals surface area contributed by atoms with Gasteiger partial charge in [0.15, 0.2) is 0 Å². The van der Waals surface area contributed by atoms with Crippen molar-refractivity contribution in [3.8, 4) is 22.3 Å². The quantitative estimate of drug-likeness (QED) is 0.410. The summed E-state index contributed by atoms with van der Waals surface area (Å²) in [4.78, 5) is 0. The van der Waals surface area contributed by atoms with Gasteiger partial charge in [0.1, 0.15) is 0 Å². The van der Waals surface area contributed by atoms with Gasteiger partial charge in [-0.2, -0.15) is 0 Å². The Hall–Kier alpha value is -1.38. The zero-order chi connectivity index (χ0) is 15.4. The van der Waals surface area contributed by atoms with Crippen LogP contribution in [0.25, 0.3) is 22.3 Å². The molecule has 0 nitrogen and oxygen atoms in total. The molecule has 0 atom stereocenters. The standard InChI is InChI=1S/C20H16Br2/c21-13-17-5-1-3-7-19(17)15-9-11-16(12-10-15)20-8-4-2-6-18(20)14-22/h1-12H,13-14H2. The molecule has 3 rings (SSSR count). The molecule has 0 aliphatic carbocycles. The summed E-state index contributed by atoms with van der Waals surface area (Å²) in [5, 5.41) is 1.74. The van der Waals surface area contributed by atoms with E-state index in [1.165, 1.54) is 33.4 Å².